The molecular formula is C11H10FNO4. The van der Waals surface area contributed by atoms with Crippen LogP contribution in [-0.4, -0.2) is 22.1 Å². The number of hydrogen-bond donors (Lipinski definition) is 3. The summed E-state index contributed by atoms with van der Waals surface area (Å²) in [5, 5.41) is 20.2. The molecule has 1 aliphatic rings. The lowest BCUT2D eigenvalue weighted by atomic mass is 10.1. The summed E-state index contributed by atoms with van der Waals surface area (Å²) >= 11 is 0. The summed E-state index contributed by atoms with van der Waals surface area (Å²) in [5.74, 6) is -3.23. The number of phenols is 1. The molecule has 1 aromatic rings. The smallest absolute Gasteiger partial charge is 0.319 e. The van der Waals surface area contributed by atoms with Gasteiger partial charge in [0.05, 0.1) is 0 Å². The van der Waals surface area contributed by atoms with Crippen LogP contribution in [-0.2, 0) is 9.59 Å². The Kier molecular flexibility index (Phi) is 2.49. The Hall–Kier alpha value is -2.11. The summed E-state index contributed by atoms with van der Waals surface area (Å²) < 4.78 is 13.0. The number of hydrogen-bond acceptors (Lipinski definition) is 3. The van der Waals surface area contributed by atoms with E-state index in [1.807, 2.05) is 0 Å². The van der Waals surface area contributed by atoms with Crippen LogP contribution >= 0.6 is 0 Å². The van der Waals surface area contributed by atoms with Gasteiger partial charge in [-0.25, -0.2) is 4.39 Å². The Morgan fingerprint density at radius 2 is 2.00 bits per heavy atom. The molecule has 0 aliphatic heterocycles. The fraction of sp³-hybridized carbons (Fsp3) is 0.273. The van der Waals surface area contributed by atoms with Crippen LogP contribution in [0, 0.1) is 11.2 Å². The monoisotopic (exact) mass is 239 g/mol. The van der Waals surface area contributed by atoms with Crippen LogP contribution in [0.5, 0.6) is 5.75 Å². The number of aromatic hydroxyl groups is 1. The normalized spacial score (nSPS) is 16.3. The van der Waals surface area contributed by atoms with Crippen molar-refractivity contribution in [3.05, 3.63) is 24.0 Å². The molecule has 0 heterocycles. The van der Waals surface area contributed by atoms with Crippen molar-refractivity contribution in [3.8, 4) is 5.75 Å². The molecule has 0 atom stereocenters. The van der Waals surface area contributed by atoms with E-state index in [-0.39, 0.29) is 18.5 Å². The van der Waals surface area contributed by atoms with Crippen molar-refractivity contribution in [1.82, 2.24) is 0 Å². The molecule has 0 radical (unpaired) electrons. The topological polar surface area (TPSA) is 86.6 Å². The van der Waals surface area contributed by atoms with Crippen molar-refractivity contribution >= 4 is 17.6 Å². The van der Waals surface area contributed by atoms with Gasteiger partial charge in [-0.3, -0.25) is 9.59 Å². The van der Waals surface area contributed by atoms with Gasteiger partial charge in [-0.2, -0.15) is 0 Å². The van der Waals surface area contributed by atoms with Gasteiger partial charge in [0.25, 0.3) is 0 Å². The van der Waals surface area contributed by atoms with Gasteiger partial charge < -0.3 is 15.5 Å². The van der Waals surface area contributed by atoms with Gasteiger partial charge in [0.1, 0.15) is 5.41 Å². The van der Waals surface area contributed by atoms with Gasteiger partial charge in [0.2, 0.25) is 5.91 Å². The molecule has 0 unspecified atom stereocenters. The van der Waals surface area contributed by atoms with E-state index in [9.17, 15) is 14.0 Å². The van der Waals surface area contributed by atoms with Gasteiger partial charge >= 0.3 is 5.97 Å². The molecule has 17 heavy (non-hydrogen) atoms. The zero-order valence-corrected chi connectivity index (χ0v) is 8.74. The second kappa shape index (κ2) is 3.73. The molecule has 1 fully saturated rings. The summed E-state index contributed by atoms with van der Waals surface area (Å²) in [6.45, 7) is 0. The minimum atomic E-state index is -1.37. The zero-order chi connectivity index (χ0) is 12.6. The predicted octanol–water partition coefficient (Wildman–Crippen LogP) is 1.33. The third kappa shape index (κ3) is 1.93. The third-order valence-corrected chi connectivity index (χ3v) is 2.80. The lowest BCUT2D eigenvalue weighted by molar-refractivity contribution is -0.147. The molecule has 5 nitrogen and oxygen atoms in total. The quantitative estimate of drug-likeness (QED) is 0.548. The van der Waals surface area contributed by atoms with E-state index in [1.54, 1.807) is 0 Å². The summed E-state index contributed by atoms with van der Waals surface area (Å²) in [4.78, 5) is 22.5. The van der Waals surface area contributed by atoms with Gasteiger partial charge in [-0.1, -0.05) is 0 Å². The first-order valence-corrected chi connectivity index (χ1v) is 4.99. The predicted molar refractivity (Wildman–Crippen MR) is 56.0 cm³/mol. The standard InChI is InChI=1S/C11H10FNO4/c12-7-5-6(1-2-8(7)14)13-9(15)11(3-4-11)10(16)17/h1-2,5,14H,3-4H2,(H,13,15)(H,16,17). The molecule has 0 spiro atoms. The van der Waals surface area contributed by atoms with Crippen LogP contribution in [0.25, 0.3) is 0 Å². The minimum absolute atomic E-state index is 0.123. The number of carbonyl (C=O) groups is 2. The van der Waals surface area contributed by atoms with Gasteiger partial charge in [-0.15, -0.1) is 0 Å². The number of carbonyl (C=O) groups excluding carboxylic acids is 1. The zero-order valence-electron chi connectivity index (χ0n) is 8.74. The molecule has 1 saturated carbocycles. The van der Waals surface area contributed by atoms with Crippen molar-refractivity contribution in [3.63, 3.8) is 0 Å². The maximum atomic E-state index is 13.0. The Morgan fingerprint density at radius 1 is 1.35 bits per heavy atom. The van der Waals surface area contributed by atoms with Crippen molar-refractivity contribution in [2.45, 2.75) is 12.8 Å². The maximum absolute atomic E-state index is 13.0. The molecule has 1 amide bonds. The van der Waals surface area contributed by atoms with E-state index >= 15 is 0 Å². The van der Waals surface area contributed by atoms with Crippen molar-refractivity contribution in [2.24, 2.45) is 5.41 Å². The number of carboxylic acids is 1. The number of nitrogens with one attached hydrogen (secondary N) is 1. The highest BCUT2D eigenvalue weighted by molar-refractivity contribution is 6.10. The van der Waals surface area contributed by atoms with Crippen molar-refractivity contribution in [1.29, 1.82) is 0 Å². The van der Waals surface area contributed by atoms with E-state index in [0.29, 0.717) is 0 Å². The molecule has 3 N–H and O–H groups in total. The number of benzene rings is 1. The minimum Gasteiger partial charge on any atom is -0.505 e. The first-order chi connectivity index (χ1) is 7.95. The van der Waals surface area contributed by atoms with Crippen LogP contribution in [0.3, 0.4) is 0 Å². The van der Waals surface area contributed by atoms with Gasteiger partial charge in [0, 0.05) is 11.8 Å². The third-order valence-electron chi connectivity index (χ3n) is 2.80. The number of amides is 1. The van der Waals surface area contributed by atoms with Crippen LogP contribution in [0.2, 0.25) is 0 Å². The first-order valence-electron chi connectivity index (χ1n) is 4.99. The molecule has 90 valence electrons. The van der Waals surface area contributed by atoms with Crippen molar-refractivity contribution in [2.75, 3.05) is 5.32 Å². The van der Waals surface area contributed by atoms with E-state index in [2.05, 4.69) is 5.32 Å². The largest absolute Gasteiger partial charge is 0.505 e. The summed E-state index contributed by atoms with van der Waals surface area (Å²) in [6.07, 6.45) is 0.573. The number of carboxylic acid groups (broad SMARTS) is 1. The second-order valence-electron chi connectivity index (χ2n) is 4.01. The summed E-state index contributed by atoms with van der Waals surface area (Å²) in [7, 11) is 0. The number of phenolic OH excluding ortho intramolecular Hbond substituents is 1. The van der Waals surface area contributed by atoms with Gasteiger partial charge in [0.15, 0.2) is 11.6 Å². The Morgan fingerprint density at radius 3 is 2.47 bits per heavy atom. The maximum Gasteiger partial charge on any atom is 0.319 e. The first kappa shape index (κ1) is 11.4. The van der Waals surface area contributed by atoms with Crippen molar-refractivity contribution < 1.29 is 24.2 Å². The number of anilines is 1. The van der Waals surface area contributed by atoms with Crippen LogP contribution in [0.1, 0.15) is 12.8 Å². The highest BCUT2D eigenvalue weighted by atomic mass is 19.1. The molecule has 6 heteroatoms. The Labute approximate surface area is 95.9 Å². The van der Waals surface area contributed by atoms with E-state index in [4.69, 9.17) is 10.2 Å². The number of rotatable bonds is 3. The molecule has 1 aromatic carbocycles. The number of halogens is 1. The van der Waals surface area contributed by atoms with Crippen LogP contribution < -0.4 is 5.32 Å². The van der Waals surface area contributed by atoms with Crippen LogP contribution in [0.4, 0.5) is 10.1 Å². The molecule has 0 aromatic heterocycles. The Bertz CT molecular complexity index is 496. The molecule has 0 saturated heterocycles. The highest BCUT2D eigenvalue weighted by Gasteiger charge is 2.57. The summed E-state index contributed by atoms with van der Waals surface area (Å²) in [6, 6.07) is 3.32. The average molecular weight is 239 g/mol. The SMILES string of the molecule is O=C(O)C1(C(=O)Nc2ccc(O)c(F)c2)CC1. The lowest BCUT2D eigenvalue weighted by Crippen LogP contribution is -2.31. The molecule has 1 aliphatic carbocycles. The molecule has 2 rings (SSSR count). The highest BCUT2D eigenvalue weighted by Crippen LogP contribution is 2.46. The molecule has 0 bridgehead atoms. The van der Waals surface area contributed by atoms with Gasteiger partial charge in [-0.05, 0) is 25.0 Å². The summed E-state index contributed by atoms with van der Waals surface area (Å²) in [5.41, 5.74) is -1.24. The Balaban J connectivity index is 2.14. The van der Waals surface area contributed by atoms with Crippen LogP contribution in [0.15, 0.2) is 18.2 Å². The van der Waals surface area contributed by atoms with E-state index < -0.39 is 28.9 Å². The van der Waals surface area contributed by atoms with E-state index in [0.717, 1.165) is 12.1 Å². The number of aliphatic carboxylic acids is 1. The average Bonchev–Trinajstić information content (AvgIpc) is 3.04. The molecular weight excluding hydrogens is 229 g/mol. The lowest BCUT2D eigenvalue weighted by Gasteiger charge is -2.10. The fourth-order valence-corrected chi connectivity index (χ4v) is 1.50. The van der Waals surface area contributed by atoms with E-state index in [1.165, 1.54) is 6.07 Å². The fourth-order valence-electron chi connectivity index (χ4n) is 1.50. The second-order valence-corrected chi connectivity index (χ2v) is 4.01.